The summed E-state index contributed by atoms with van der Waals surface area (Å²) in [5.74, 6) is 0.932. The van der Waals surface area contributed by atoms with Gasteiger partial charge >= 0.3 is 0 Å². The number of benzene rings is 1. The van der Waals surface area contributed by atoms with Gasteiger partial charge in [-0.1, -0.05) is 78.1 Å². The zero-order valence-corrected chi connectivity index (χ0v) is 17.1. The molecule has 1 aromatic rings. The fourth-order valence-corrected chi connectivity index (χ4v) is 3.06. The lowest BCUT2D eigenvalue weighted by molar-refractivity contribution is 0.173. The van der Waals surface area contributed by atoms with Gasteiger partial charge in [-0.3, -0.25) is 0 Å². The molecular weight excluding hydrogens is 322 g/mol. The highest BCUT2D eigenvalue weighted by molar-refractivity contribution is 5.46. The second-order valence-electron chi connectivity index (χ2n) is 7.38. The van der Waals surface area contributed by atoms with E-state index in [0.717, 1.165) is 37.3 Å². The maximum atomic E-state index is 10.0. The Morgan fingerprint density at radius 3 is 2.04 bits per heavy atom. The summed E-state index contributed by atoms with van der Waals surface area (Å²) < 4.78 is 5.81. The minimum absolute atomic E-state index is 0.264. The Hall–Kier alpha value is -1.22. The average molecular weight is 364 g/mol. The Balaban J connectivity index is 2.07. The number of hydrogen-bond acceptors (Lipinski definition) is 3. The molecule has 1 rings (SSSR count). The van der Waals surface area contributed by atoms with E-state index in [1.165, 1.54) is 57.8 Å². The molecule has 1 aromatic carbocycles. The molecule has 0 amide bonds. The highest BCUT2D eigenvalue weighted by atomic mass is 16.5. The highest BCUT2D eigenvalue weighted by Gasteiger charge is 2.04. The molecule has 3 heteroatoms. The number of nitrogens with one attached hydrogen (secondary N) is 1. The second kappa shape index (κ2) is 16.0. The number of aliphatic hydroxyl groups excluding tert-OH is 1. The lowest BCUT2D eigenvalue weighted by Crippen LogP contribution is -2.19. The van der Waals surface area contributed by atoms with E-state index in [2.05, 4.69) is 19.2 Å². The average Bonchev–Trinajstić information content (AvgIpc) is 2.66. The van der Waals surface area contributed by atoms with Crippen LogP contribution in [0, 0.1) is 0 Å². The molecule has 0 aromatic heterocycles. The van der Waals surface area contributed by atoms with Crippen molar-refractivity contribution >= 4 is 5.69 Å². The molecule has 0 aliphatic carbocycles. The molecule has 3 nitrogen and oxygen atoms in total. The van der Waals surface area contributed by atoms with E-state index < -0.39 is 0 Å². The van der Waals surface area contributed by atoms with Crippen molar-refractivity contribution in [3.05, 3.63) is 24.3 Å². The van der Waals surface area contributed by atoms with Crippen LogP contribution in [-0.4, -0.2) is 24.4 Å². The predicted octanol–water partition coefficient (Wildman–Crippen LogP) is 6.56. The number of rotatable bonds is 17. The van der Waals surface area contributed by atoms with E-state index in [-0.39, 0.29) is 6.10 Å². The van der Waals surface area contributed by atoms with Crippen LogP contribution in [-0.2, 0) is 0 Å². The van der Waals surface area contributed by atoms with Crippen LogP contribution in [0.3, 0.4) is 0 Å². The fraction of sp³-hybridized carbons (Fsp3) is 0.739. The number of anilines is 1. The van der Waals surface area contributed by atoms with E-state index in [9.17, 15) is 5.11 Å². The molecule has 0 saturated carbocycles. The van der Waals surface area contributed by atoms with Crippen molar-refractivity contribution in [1.29, 1.82) is 0 Å². The molecule has 0 unspecified atom stereocenters. The summed E-state index contributed by atoms with van der Waals surface area (Å²) in [7, 11) is 0. The Morgan fingerprint density at radius 1 is 0.808 bits per heavy atom. The van der Waals surface area contributed by atoms with Gasteiger partial charge in [0.25, 0.3) is 0 Å². The van der Waals surface area contributed by atoms with Crippen LogP contribution < -0.4 is 10.1 Å². The molecule has 0 aliphatic rings. The molecule has 150 valence electrons. The third kappa shape index (κ3) is 12.2. The summed E-state index contributed by atoms with van der Waals surface area (Å²) in [6.45, 7) is 5.88. The maximum absolute atomic E-state index is 10.0. The lowest BCUT2D eigenvalue weighted by atomic mass is 10.1. The first-order valence-corrected chi connectivity index (χ1v) is 10.9. The van der Waals surface area contributed by atoms with Gasteiger partial charge in [0.05, 0.1) is 12.7 Å². The third-order valence-electron chi connectivity index (χ3n) is 4.80. The summed E-state index contributed by atoms with van der Waals surface area (Å²) in [5, 5.41) is 13.3. The molecule has 2 N–H and O–H groups in total. The van der Waals surface area contributed by atoms with Crippen LogP contribution in [0.25, 0.3) is 0 Å². The van der Waals surface area contributed by atoms with E-state index in [1.807, 2.05) is 24.3 Å². The minimum Gasteiger partial charge on any atom is -0.494 e. The van der Waals surface area contributed by atoms with Crippen LogP contribution in [0.4, 0.5) is 5.69 Å². The molecular formula is C23H41NO2. The first kappa shape index (κ1) is 22.8. The summed E-state index contributed by atoms with van der Waals surface area (Å²) >= 11 is 0. The SMILES string of the molecule is CCCCCCCCCOc1ccc(NC[C@H](O)CCCCCC)cc1. The van der Waals surface area contributed by atoms with Gasteiger partial charge in [0.15, 0.2) is 0 Å². The molecule has 26 heavy (non-hydrogen) atoms. The van der Waals surface area contributed by atoms with E-state index in [0.29, 0.717) is 6.54 Å². The van der Waals surface area contributed by atoms with Crippen molar-refractivity contribution in [3.8, 4) is 5.75 Å². The van der Waals surface area contributed by atoms with Gasteiger partial charge in [0, 0.05) is 12.2 Å². The van der Waals surface area contributed by atoms with Crippen molar-refractivity contribution in [1.82, 2.24) is 0 Å². The van der Waals surface area contributed by atoms with Crippen molar-refractivity contribution < 1.29 is 9.84 Å². The smallest absolute Gasteiger partial charge is 0.119 e. The maximum Gasteiger partial charge on any atom is 0.119 e. The molecule has 0 bridgehead atoms. The number of unbranched alkanes of at least 4 members (excludes halogenated alkanes) is 9. The fourth-order valence-electron chi connectivity index (χ4n) is 3.06. The monoisotopic (exact) mass is 363 g/mol. The third-order valence-corrected chi connectivity index (χ3v) is 4.80. The molecule has 0 fully saturated rings. The van der Waals surface area contributed by atoms with Crippen molar-refractivity contribution in [2.75, 3.05) is 18.5 Å². The molecule has 0 aliphatic heterocycles. The van der Waals surface area contributed by atoms with Crippen LogP contribution in [0.1, 0.15) is 90.9 Å². The van der Waals surface area contributed by atoms with Gasteiger partial charge in [-0.25, -0.2) is 0 Å². The minimum atomic E-state index is -0.264. The molecule has 1 atom stereocenters. The normalized spacial score (nSPS) is 12.1. The van der Waals surface area contributed by atoms with E-state index >= 15 is 0 Å². The quantitative estimate of drug-likeness (QED) is 0.308. The van der Waals surface area contributed by atoms with Gasteiger partial charge < -0.3 is 15.2 Å². The summed E-state index contributed by atoms with van der Waals surface area (Å²) in [6, 6.07) is 8.09. The van der Waals surface area contributed by atoms with Crippen LogP contribution >= 0.6 is 0 Å². The zero-order chi connectivity index (χ0) is 18.9. The predicted molar refractivity (Wildman–Crippen MR) is 113 cm³/mol. The standard InChI is InChI=1S/C23H41NO2/c1-3-5-7-9-10-11-13-19-26-23-17-15-21(16-18-23)24-20-22(25)14-12-8-6-4-2/h15-18,22,24-25H,3-14,19-20H2,1-2H3/t22-/m1/s1. The van der Waals surface area contributed by atoms with Gasteiger partial charge in [-0.15, -0.1) is 0 Å². The summed E-state index contributed by atoms with van der Waals surface area (Å²) in [4.78, 5) is 0. The van der Waals surface area contributed by atoms with Crippen LogP contribution in [0.5, 0.6) is 5.75 Å². The Labute approximate surface area is 161 Å². The first-order valence-electron chi connectivity index (χ1n) is 10.9. The molecule has 0 radical (unpaired) electrons. The van der Waals surface area contributed by atoms with Crippen molar-refractivity contribution in [2.45, 2.75) is 97.0 Å². The number of ether oxygens (including phenoxy) is 1. The second-order valence-corrected chi connectivity index (χ2v) is 7.38. The van der Waals surface area contributed by atoms with Crippen molar-refractivity contribution in [2.24, 2.45) is 0 Å². The van der Waals surface area contributed by atoms with E-state index in [4.69, 9.17) is 4.74 Å². The summed E-state index contributed by atoms with van der Waals surface area (Å²) in [5.41, 5.74) is 1.04. The lowest BCUT2D eigenvalue weighted by Gasteiger charge is -2.13. The molecule has 0 saturated heterocycles. The number of hydrogen-bond donors (Lipinski definition) is 2. The van der Waals surface area contributed by atoms with Gasteiger partial charge in [-0.05, 0) is 37.1 Å². The first-order chi connectivity index (χ1) is 12.8. The van der Waals surface area contributed by atoms with Gasteiger partial charge in [0.1, 0.15) is 5.75 Å². The molecule has 0 spiro atoms. The Bertz CT molecular complexity index is 419. The van der Waals surface area contributed by atoms with E-state index in [1.54, 1.807) is 0 Å². The van der Waals surface area contributed by atoms with Crippen LogP contribution in [0.2, 0.25) is 0 Å². The largest absolute Gasteiger partial charge is 0.494 e. The van der Waals surface area contributed by atoms with Crippen molar-refractivity contribution in [3.63, 3.8) is 0 Å². The Morgan fingerprint density at radius 2 is 1.38 bits per heavy atom. The summed E-state index contributed by atoms with van der Waals surface area (Å²) in [6.07, 6.45) is 14.6. The van der Waals surface area contributed by atoms with Gasteiger partial charge in [-0.2, -0.15) is 0 Å². The topological polar surface area (TPSA) is 41.5 Å². The van der Waals surface area contributed by atoms with Gasteiger partial charge in [0.2, 0.25) is 0 Å². The highest BCUT2D eigenvalue weighted by Crippen LogP contribution is 2.17. The number of aliphatic hydroxyl groups is 1. The van der Waals surface area contributed by atoms with Crippen LogP contribution in [0.15, 0.2) is 24.3 Å². The zero-order valence-electron chi connectivity index (χ0n) is 17.1. The molecule has 0 heterocycles. The Kier molecular flexibility index (Phi) is 14.0.